The van der Waals surface area contributed by atoms with Gasteiger partial charge in [-0.15, -0.1) is 0 Å². The SMILES string of the molecule is CC(C)(C)c1ccccc1-c1ccc2c(c1)B1c3cc(-c4ccccc4C(C)(C)C)ccc3N(c3ccccc3C(C)(C)C)c3cccc(c31)N2c1ccccc1C(C)(C)C. The number of nitrogens with zero attached hydrogens (tertiary/aromatic N) is 2. The van der Waals surface area contributed by atoms with Gasteiger partial charge in [0, 0.05) is 34.1 Å². The van der Waals surface area contributed by atoms with Crippen molar-refractivity contribution in [3.8, 4) is 22.3 Å². The molecule has 0 fully saturated rings. The van der Waals surface area contributed by atoms with E-state index in [1.54, 1.807) is 0 Å². The Labute approximate surface area is 366 Å². The summed E-state index contributed by atoms with van der Waals surface area (Å²) in [6.07, 6.45) is 0. The van der Waals surface area contributed by atoms with E-state index in [2.05, 4.69) is 245 Å². The van der Waals surface area contributed by atoms with Gasteiger partial charge in [0.2, 0.25) is 0 Å². The summed E-state index contributed by atoms with van der Waals surface area (Å²) in [5.41, 5.74) is 21.7. The summed E-state index contributed by atoms with van der Waals surface area (Å²) in [4.78, 5) is 5.17. The van der Waals surface area contributed by atoms with Gasteiger partial charge in [-0.1, -0.05) is 198 Å². The molecule has 2 aliphatic heterocycles. The van der Waals surface area contributed by atoms with E-state index in [0.29, 0.717) is 0 Å². The van der Waals surface area contributed by atoms with Crippen LogP contribution >= 0.6 is 0 Å². The number of benzene rings is 7. The van der Waals surface area contributed by atoms with Crippen LogP contribution in [-0.2, 0) is 21.7 Å². The topological polar surface area (TPSA) is 6.48 Å². The van der Waals surface area contributed by atoms with E-state index in [1.165, 1.54) is 95.0 Å². The first-order valence-corrected chi connectivity index (χ1v) is 22.2. The molecule has 7 aromatic rings. The molecular weight excluding hydrogens is 735 g/mol. The quantitative estimate of drug-likeness (QED) is 0.164. The molecule has 306 valence electrons. The molecule has 0 aliphatic carbocycles. The molecule has 61 heavy (non-hydrogen) atoms. The summed E-state index contributed by atoms with van der Waals surface area (Å²) in [5.74, 6) is 0. The highest BCUT2D eigenvalue weighted by atomic mass is 15.2. The maximum atomic E-state index is 2.59. The van der Waals surface area contributed by atoms with Gasteiger partial charge in [-0.05, 0) is 119 Å². The van der Waals surface area contributed by atoms with Crippen molar-refractivity contribution in [3.05, 3.63) is 174 Å². The molecule has 3 heteroatoms. The Morgan fingerprint density at radius 1 is 0.311 bits per heavy atom. The van der Waals surface area contributed by atoms with Crippen molar-refractivity contribution >= 4 is 57.2 Å². The van der Waals surface area contributed by atoms with Gasteiger partial charge in [0.15, 0.2) is 0 Å². The van der Waals surface area contributed by atoms with Crippen LogP contribution in [0.1, 0.15) is 105 Å². The van der Waals surface area contributed by atoms with E-state index in [9.17, 15) is 0 Å². The van der Waals surface area contributed by atoms with E-state index < -0.39 is 0 Å². The van der Waals surface area contributed by atoms with Gasteiger partial charge in [-0.3, -0.25) is 0 Å². The predicted molar refractivity (Wildman–Crippen MR) is 266 cm³/mol. The van der Waals surface area contributed by atoms with Gasteiger partial charge in [-0.25, -0.2) is 0 Å². The van der Waals surface area contributed by atoms with E-state index in [0.717, 1.165) is 0 Å². The lowest BCUT2D eigenvalue weighted by Crippen LogP contribution is -2.61. The van der Waals surface area contributed by atoms with Crippen molar-refractivity contribution in [2.75, 3.05) is 9.80 Å². The third kappa shape index (κ3) is 6.91. The van der Waals surface area contributed by atoms with Crippen LogP contribution in [0.3, 0.4) is 0 Å². The normalized spacial score (nSPS) is 13.8. The predicted octanol–water partition coefficient (Wildman–Crippen LogP) is 14.3. The van der Waals surface area contributed by atoms with Crippen LogP contribution in [0.15, 0.2) is 152 Å². The molecule has 0 saturated heterocycles. The summed E-state index contributed by atoms with van der Waals surface area (Å²) >= 11 is 0. The monoisotopic (exact) mass is 796 g/mol. The van der Waals surface area contributed by atoms with E-state index in [-0.39, 0.29) is 28.4 Å². The highest BCUT2D eigenvalue weighted by molar-refractivity contribution is 7.00. The molecule has 0 atom stereocenters. The maximum Gasteiger partial charge on any atom is 0.252 e. The average molecular weight is 797 g/mol. The minimum atomic E-state index is -0.0757. The van der Waals surface area contributed by atoms with Crippen LogP contribution in [0.4, 0.5) is 34.1 Å². The summed E-state index contributed by atoms with van der Waals surface area (Å²) < 4.78 is 0. The van der Waals surface area contributed by atoms with Gasteiger partial charge in [0.05, 0.1) is 0 Å². The largest absolute Gasteiger partial charge is 0.311 e. The Hall–Kier alpha value is -5.80. The molecule has 0 amide bonds. The zero-order chi connectivity index (χ0) is 43.2. The molecule has 0 saturated carbocycles. The van der Waals surface area contributed by atoms with Gasteiger partial charge < -0.3 is 9.80 Å². The summed E-state index contributed by atoms with van der Waals surface area (Å²) in [5, 5.41) is 0. The number of hydrogen-bond donors (Lipinski definition) is 0. The molecule has 0 bridgehead atoms. The zero-order valence-corrected chi connectivity index (χ0v) is 38.4. The van der Waals surface area contributed by atoms with Crippen molar-refractivity contribution in [3.63, 3.8) is 0 Å². The van der Waals surface area contributed by atoms with Crippen LogP contribution in [0.2, 0.25) is 0 Å². The molecule has 2 heterocycles. The second kappa shape index (κ2) is 14.4. The Kier molecular flexibility index (Phi) is 9.59. The lowest BCUT2D eigenvalue weighted by atomic mass is 9.33. The van der Waals surface area contributed by atoms with Crippen molar-refractivity contribution in [2.24, 2.45) is 0 Å². The molecule has 0 radical (unpaired) electrons. The van der Waals surface area contributed by atoms with Crippen molar-refractivity contribution in [2.45, 2.75) is 105 Å². The Morgan fingerprint density at radius 2 is 0.639 bits per heavy atom. The summed E-state index contributed by atoms with van der Waals surface area (Å²) in [6, 6.07) is 57.8. The van der Waals surface area contributed by atoms with E-state index in [1.807, 2.05) is 0 Å². The molecule has 0 unspecified atom stereocenters. The maximum absolute atomic E-state index is 2.59. The molecule has 0 aromatic heterocycles. The first-order valence-electron chi connectivity index (χ1n) is 22.2. The van der Waals surface area contributed by atoms with Crippen LogP contribution < -0.4 is 26.2 Å². The second-order valence-corrected chi connectivity index (χ2v) is 21.5. The minimum absolute atomic E-state index is 0.0162. The molecule has 9 rings (SSSR count). The lowest BCUT2D eigenvalue weighted by Gasteiger charge is -2.46. The van der Waals surface area contributed by atoms with Gasteiger partial charge in [-0.2, -0.15) is 0 Å². The average Bonchev–Trinajstić information content (AvgIpc) is 3.22. The Balaban J connectivity index is 1.42. The minimum Gasteiger partial charge on any atom is -0.311 e. The second-order valence-electron chi connectivity index (χ2n) is 21.5. The lowest BCUT2D eigenvalue weighted by molar-refractivity contribution is 0.591. The standard InChI is InChI=1S/C58H61BN2/c1-55(2,3)42-24-15-13-22-40(42)38-32-34-50-46(36-38)59-47-37-39(41-23-14-16-25-43(41)56(4,5)6)33-35-51(47)61(49-29-20-18-27-45(49)58(10,11)12)53-31-21-30-52(54(53)59)60(50)48-28-19-17-26-44(48)57(7,8)9/h13-37H,1-12H3. The molecule has 2 aliphatic rings. The number of rotatable bonds is 4. The van der Waals surface area contributed by atoms with Crippen molar-refractivity contribution < 1.29 is 0 Å². The van der Waals surface area contributed by atoms with Crippen LogP contribution in [-0.4, -0.2) is 6.71 Å². The van der Waals surface area contributed by atoms with Gasteiger partial charge in [0.25, 0.3) is 6.71 Å². The molecule has 0 spiro atoms. The Bertz CT molecular complexity index is 2630. The highest BCUT2D eigenvalue weighted by Crippen LogP contribution is 2.49. The van der Waals surface area contributed by atoms with E-state index in [4.69, 9.17) is 0 Å². The first-order chi connectivity index (χ1) is 28.8. The van der Waals surface area contributed by atoms with E-state index >= 15 is 0 Å². The highest BCUT2D eigenvalue weighted by Gasteiger charge is 2.45. The van der Waals surface area contributed by atoms with Gasteiger partial charge >= 0.3 is 0 Å². The number of fused-ring (bicyclic) bond motifs is 4. The zero-order valence-electron chi connectivity index (χ0n) is 38.4. The number of hydrogen-bond acceptors (Lipinski definition) is 2. The number of anilines is 6. The summed E-state index contributed by atoms with van der Waals surface area (Å²) in [6.45, 7) is 28.0. The van der Waals surface area contributed by atoms with Gasteiger partial charge in [0.1, 0.15) is 0 Å². The third-order valence-electron chi connectivity index (χ3n) is 13.0. The van der Waals surface area contributed by atoms with Crippen molar-refractivity contribution in [1.29, 1.82) is 0 Å². The van der Waals surface area contributed by atoms with Crippen LogP contribution in [0.25, 0.3) is 22.3 Å². The first kappa shape index (κ1) is 40.6. The third-order valence-corrected chi connectivity index (χ3v) is 13.0. The molecule has 0 N–H and O–H groups in total. The van der Waals surface area contributed by atoms with Crippen LogP contribution in [0.5, 0.6) is 0 Å². The van der Waals surface area contributed by atoms with Crippen molar-refractivity contribution in [1.82, 2.24) is 0 Å². The van der Waals surface area contributed by atoms with Crippen LogP contribution in [0, 0.1) is 0 Å². The summed E-state index contributed by atoms with van der Waals surface area (Å²) in [7, 11) is 0. The molecular formula is C58H61BN2. The molecule has 7 aromatic carbocycles. The fourth-order valence-electron chi connectivity index (χ4n) is 10.2. The number of para-hydroxylation sites is 2. The fourth-order valence-corrected chi connectivity index (χ4v) is 10.2. The smallest absolute Gasteiger partial charge is 0.252 e. The fraction of sp³-hybridized carbons (Fsp3) is 0.276. The Morgan fingerprint density at radius 3 is 1.02 bits per heavy atom. The molecule has 2 nitrogen and oxygen atoms in total.